The number of carbonyl (C=O) groups excluding carboxylic acids is 1. The van der Waals surface area contributed by atoms with Crippen molar-refractivity contribution in [1.82, 2.24) is 4.90 Å². The highest BCUT2D eigenvalue weighted by Crippen LogP contribution is 2.19. The van der Waals surface area contributed by atoms with Crippen molar-refractivity contribution in [2.75, 3.05) is 18.4 Å². The maximum Gasteiger partial charge on any atom is 0.321 e. The van der Waals surface area contributed by atoms with E-state index in [1.807, 2.05) is 61.5 Å². The molecule has 0 aliphatic carbocycles. The largest absolute Gasteiger partial charge is 0.489 e. The van der Waals surface area contributed by atoms with E-state index in [-0.39, 0.29) is 12.1 Å². The quantitative estimate of drug-likeness (QED) is 0.938. The van der Waals surface area contributed by atoms with Gasteiger partial charge in [-0.15, -0.1) is 0 Å². The number of rotatable bonds is 3. The fourth-order valence-corrected chi connectivity index (χ4v) is 2.63. The van der Waals surface area contributed by atoms with E-state index in [9.17, 15) is 4.79 Å². The number of nitrogens with one attached hydrogen (secondary N) is 1. The minimum atomic E-state index is -0.0650. The lowest BCUT2D eigenvalue weighted by molar-refractivity contribution is 0.195. The van der Waals surface area contributed by atoms with E-state index in [1.165, 1.54) is 0 Å². The number of ether oxygens (including phenoxy) is 1. The Labute approximate surface area is 130 Å². The molecule has 1 fully saturated rings. The maximum atomic E-state index is 12.3. The van der Waals surface area contributed by atoms with Gasteiger partial charge in [-0.1, -0.05) is 30.3 Å². The molecule has 0 aromatic heterocycles. The topological polar surface area (TPSA) is 41.6 Å². The zero-order valence-corrected chi connectivity index (χ0v) is 12.7. The number of carbonyl (C=O) groups is 1. The zero-order valence-electron chi connectivity index (χ0n) is 12.7. The molecule has 0 radical (unpaired) electrons. The van der Waals surface area contributed by atoms with Crippen molar-refractivity contribution in [3.05, 3.63) is 60.2 Å². The van der Waals surface area contributed by atoms with E-state index in [0.717, 1.165) is 30.0 Å². The number of nitrogens with zero attached hydrogens (tertiary/aromatic N) is 1. The first-order valence-electron chi connectivity index (χ1n) is 7.55. The Morgan fingerprint density at radius 3 is 2.77 bits per heavy atom. The number of amides is 2. The standard InChI is InChI=1S/C18H20N2O2/c1-14-6-5-7-15(12-14)19-18(21)20-11-10-17(13-20)22-16-8-3-2-4-9-16/h2-9,12,17H,10-11,13H2,1H3,(H,19,21). The highest BCUT2D eigenvalue weighted by atomic mass is 16.5. The zero-order chi connectivity index (χ0) is 15.4. The third-order valence-electron chi connectivity index (χ3n) is 3.75. The lowest BCUT2D eigenvalue weighted by Crippen LogP contribution is -2.34. The highest BCUT2D eigenvalue weighted by Gasteiger charge is 2.27. The van der Waals surface area contributed by atoms with Crippen LogP contribution in [0.25, 0.3) is 0 Å². The van der Waals surface area contributed by atoms with Crippen LogP contribution >= 0.6 is 0 Å². The number of hydrogen-bond acceptors (Lipinski definition) is 2. The Kier molecular flexibility index (Phi) is 4.28. The monoisotopic (exact) mass is 296 g/mol. The molecule has 1 aliphatic heterocycles. The predicted octanol–water partition coefficient (Wildman–Crippen LogP) is 3.68. The van der Waals surface area contributed by atoms with E-state index >= 15 is 0 Å². The van der Waals surface area contributed by atoms with Gasteiger partial charge in [-0.3, -0.25) is 0 Å². The maximum absolute atomic E-state index is 12.3. The second kappa shape index (κ2) is 6.52. The van der Waals surface area contributed by atoms with E-state index in [2.05, 4.69) is 5.32 Å². The molecule has 1 unspecified atom stereocenters. The van der Waals surface area contributed by atoms with Crippen molar-refractivity contribution in [3.8, 4) is 5.75 Å². The summed E-state index contributed by atoms with van der Waals surface area (Å²) < 4.78 is 5.90. The highest BCUT2D eigenvalue weighted by molar-refractivity contribution is 5.89. The predicted molar refractivity (Wildman–Crippen MR) is 87.2 cm³/mol. The average Bonchev–Trinajstić information content (AvgIpc) is 2.97. The Morgan fingerprint density at radius 2 is 2.00 bits per heavy atom. The second-order valence-corrected chi connectivity index (χ2v) is 5.59. The van der Waals surface area contributed by atoms with E-state index in [1.54, 1.807) is 4.90 Å². The van der Waals surface area contributed by atoms with Crippen LogP contribution in [0.2, 0.25) is 0 Å². The summed E-state index contributed by atoms with van der Waals surface area (Å²) in [5, 5.41) is 2.94. The van der Waals surface area contributed by atoms with Gasteiger partial charge in [-0.2, -0.15) is 0 Å². The summed E-state index contributed by atoms with van der Waals surface area (Å²) in [7, 11) is 0. The minimum absolute atomic E-state index is 0.0608. The van der Waals surface area contributed by atoms with E-state index in [4.69, 9.17) is 4.74 Å². The van der Waals surface area contributed by atoms with E-state index in [0.29, 0.717) is 6.54 Å². The number of benzene rings is 2. The third-order valence-corrected chi connectivity index (χ3v) is 3.75. The number of likely N-dealkylation sites (tertiary alicyclic amines) is 1. The molecule has 1 heterocycles. The van der Waals surface area contributed by atoms with Gasteiger partial charge in [0.1, 0.15) is 11.9 Å². The van der Waals surface area contributed by atoms with Gasteiger partial charge in [0.15, 0.2) is 0 Å². The normalized spacial score (nSPS) is 17.3. The van der Waals surface area contributed by atoms with Crippen molar-refractivity contribution in [3.63, 3.8) is 0 Å². The first kappa shape index (κ1) is 14.4. The number of hydrogen-bond donors (Lipinski definition) is 1. The third kappa shape index (κ3) is 3.58. The van der Waals surface area contributed by atoms with Crippen molar-refractivity contribution in [1.29, 1.82) is 0 Å². The molecular weight excluding hydrogens is 276 g/mol. The fourth-order valence-electron chi connectivity index (χ4n) is 2.63. The van der Waals surface area contributed by atoms with Crippen molar-refractivity contribution >= 4 is 11.7 Å². The van der Waals surface area contributed by atoms with Crippen molar-refractivity contribution in [2.45, 2.75) is 19.4 Å². The van der Waals surface area contributed by atoms with Gasteiger partial charge in [0.05, 0.1) is 6.54 Å². The van der Waals surface area contributed by atoms with Crippen molar-refractivity contribution < 1.29 is 9.53 Å². The second-order valence-electron chi connectivity index (χ2n) is 5.59. The molecule has 2 aromatic rings. The molecule has 0 spiro atoms. The fraction of sp³-hybridized carbons (Fsp3) is 0.278. The average molecular weight is 296 g/mol. The molecule has 4 nitrogen and oxygen atoms in total. The molecule has 4 heteroatoms. The van der Waals surface area contributed by atoms with Crippen LogP contribution in [-0.4, -0.2) is 30.1 Å². The van der Waals surface area contributed by atoms with Crippen LogP contribution in [0.4, 0.5) is 10.5 Å². The summed E-state index contributed by atoms with van der Waals surface area (Å²) in [5.41, 5.74) is 1.96. The Bertz CT molecular complexity index is 643. The van der Waals surface area contributed by atoms with Gasteiger partial charge >= 0.3 is 6.03 Å². The Morgan fingerprint density at radius 1 is 1.18 bits per heavy atom. The lowest BCUT2D eigenvalue weighted by Gasteiger charge is -2.18. The summed E-state index contributed by atoms with van der Waals surface area (Å²) in [6, 6.07) is 17.5. The van der Waals surface area contributed by atoms with Gasteiger partial charge in [-0.25, -0.2) is 4.79 Å². The van der Waals surface area contributed by atoms with E-state index < -0.39 is 0 Å². The first-order valence-corrected chi connectivity index (χ1v) is 7.55. The molecular formula is C18H20N2O2. The van der Waals surface area contributed by atoms with Crippen LogP contribution in [-0.2, 0) is 0 Å². The van der Waals surface area contributed by atoms with Gasteiger partial charge in [0.25, 0.3) is 0 Å². The summed E-state index contributed by atoms with van der Waals surface area (Å²) in [6.07, 6.45) is 0.918. The molecule has 22 heavy (non-hydrogen) atoms. The summed E-state index contributed by atoms with van der Waals surface area (Å²) in [4.78, 5) is 14.1. The van der Waals surface area contributed by atoms with Gasteiger partial charge < -0.3 is 15.0 Å². The van der Waals surface area contributed by atoms with Gasteiger partial charge in [0.2, 0.25) is 0 Å². The molecule has 1 atom stereocenters. The smallest absolute Gasteiger partial charge is 0.321 e. The van der Waals surface area contributed by atoms with Crippen LogP contribution in [0.1, 0.15) is 12.0 Å². The SMILES string of the molecule is Cc1cccc(NC(=O)N2CCC(Oc3ccccc3)C2)c1. The molecule has 3 rings (SSSR count). The minimum Gasteiger partial charge on any atom is -0.489 e. The summed E-state index contributed by atoms with van der Waals surface area (Å²) in [6.45, 7) is 3.34. The van der Waals surface area contributed by atoms with Crippen molar-refractivity contribution in [2.24, 2.45) is 0 Å². The van der Waals surface area contributed by atoms with Crippen LogP contribution in [0.15, 0.2) is 54.6 Å². The molecule has 1 N–H and O–H groups in total. The molecule has 2 aromatic carbocycles. The van der Waals surface area contributed by atoms with Gasteiger partial charge in [0, 0.05) is 18.7 Å². The Balaban J connectivity index is 1.55. The molecule has 1 saturated heterocycles. The molecule has 114 valence electrons. The molecule has 0 saturated carbocycles. The lowest BCUT2D eigenvalue weighted by atomic mass is 10.2. The molecule has 0 bridgehead atoms. The molecule has 2 amide bonds. The molecule has 1 aliphatic rings. The first-order chi connectivity index (χ1) is 10.7. The van der Waals surface area contributed by atoms with Crippen LogP contribution < -0.4 is 10.1 Å². The summed E-state index contributed by atoms with van der Waals surface area (Å²) in [5.74, 6) is 0.855. The van der Waals surface area contributed by atoms with Crippen LogP contribution in [0.3, 0.4) is 0 Å². The Hall–Kier alpha value is -2.49. The number of aryl methyl sites for hydroxylation is 1. The van der Waals surface area contributed by atoms with Crippen LogP contribution in [0.5, 0.6) is 5.75 Å². The van der Waals surface area contributed by atoms with Gasteiger partial charge in [-0.05, 0) is 36.8 Å². The summed E-state index contributed by atoms with van der Waals surface area (Å²) >= 11 is 0. The number of anilines is 1. The van der Waals surface area contributed by atoms with Crippen LogP contribution in [0, 0.1) is 6.92 Å². The number of para-hydroxylation sites is 1. The number of urea groups is 1.